The van der Waals surface area contributed by atoms with Gasteiger partial charge < -0.3 is 71.1 Å². The number of nitrogens with zero attached hydrogens (tertiary/aromatic N) is 1. The molecular formula is C52H91N9O16. The molecule has 4 atom stereocenters. The molecule has 0 radical (unpaired) electrons. The van der Waals surface area contributed by atoms with E-state index < -0.39 is 131 Å². The molecule has 1 aliphatic heterocycles. The molecule has 1 aliphatic rings. The summed E-state index contributed by atoms with van der Waals surface area (Å²) >= 11 is 0. The molecule has 77 heavy (non-hydrogen) atoms. The molecule has 8 N–H and O–H groups in total. The van der Waals surface area contributed by atoms with Gasteiger partial charge in [-0.25, -0.2) is 24.0 Å². The van der Waals surface area contributed by atoms with Crippen LogP contribution in [0.2, 0.25) is 0 Å². The first-order chi connectivity index (χ1) is 35.3. The number of esters is 2. The molecule has 1 rings (SSSR count). The van der Waals surface area contributed by atoms with Crippen molar-refractivity contribution < 1.29 is 76.4 Å². The van der Waals surface area contributed by atoms with Crippen molar-refractivity contribution in [3.8, 4) is 0 Å². The van der Waals surface area contributed by atoms with Gasteiger partial charge in [-0.1, -0.05) is 12.8 Å². The minimum Gasteiger partial charge on any atom is -0.458 e. The number of nitrogens with one attached hydrogen (secondary N) is 8. The molecule has 0 saturated carbocycles. The average Bonchev–Trinajstić information content (AvgIpc) is 3.25. The summed E-state index contributed by atoms with van der Waals surface area (Å²) in [7, 11) is 0. The standard InChI is InChI=1S/C52H91N9O16/c1-48(2,3)73-43(68)35(59-45(70)75-50(7,8)9)23-25-37(62)57-33-21-16-17-22-34(58-38(63)26-24-36(44(69)74-49(4,5)6)60-46(71)76-51(10,11)12)42(67)56-32-40(65)54-28-20-30-61(47(72)77-52(13,14)15)29-19-18-27-53-39(64)31-55-41(33)66/h33-36H,16-32H2,1-15H3,(H,53,64)(H,54,65)(H,55,66)(H,56,67)(H,57,62)(H,58,63)(H,59,70)(H,60,71)/t33-,34-,35-,36-/m0/s1. The summed E-state index contributed by atoms with van der Waals surface area (Å²) in [6.07, 6.45) is -2.21. The Morgan fingerprint density at radius 2 is 0.831 bits per heavy atom. The molecule has 9 amide bonds. The molecule has 25 nitrogen and oxygen atoms in total. The largest absolute Gasteiger partial charge is 0.458 e. The Morgan fingerprint density at radius 3 is 1.19 bits per heavy atom. The highest BCUT2D eigenvalue weighted by Gasteiger charge is 2.33. The van der Waals surface area contributed by atoms with Crippen molar-refractivity contribution in [3.05, 3.63) is 0 Å². The van der Waals surface area contributed by atoms with Gasteiger partial charge in [0.1, 0.15) is 52.2 Å². The third-order valence-electron chi connectivity index (χ3n) is 10.2. The highest BCUT2D eigenvalue weighted by Crippen LogP contribution is 2.17. The van der Waals surface area contributed by atoms with Crippen LogP contribution in [-0.2, 0) is 62.0 Å². The quantitative estimate of drug-likeness (QED) is 0.103. The fraction of sp³-hybridized carbons (Fsp3) is 0.788. The first-order valence-corrected chi connectivity index (χ1v) is 26.4. The van der Waals surface area contributed by atoms with Gasteiger partial charge in [-0.3, -0.25) is 28.8 Å². The molecule has 0 aliphatic carbocycles. The first-order valence-electron chi connectivity index (χ1n) is 26.4. The highest BCUT2D eigenvalue weighted by molar-refractivity contribution is 5.92. The van der Waals surface area contributed by atoms with Gasteiger partial charge in [0.05, 0.1) is 13.1 Å². The average molecular weight is 1100 g/mol. The molecule has 0 bridgehead atoms. The van der Waals surface area contributed by atoms with E-state index in [1.54, 1.807) is 104 Å². The molecule has 0 aromatic rings. The van der Waals surface area contributed by atoms with Crippen LogP contribution >= 0.6 is 0 Å². The monoisotopic (exact) mass is 1100 g/mol. The summed E-state index contributed by atoms with van der Waals surface area (Å²) in [4.78, 5) is 147. The van der Waals surface area contributed by atoms with Gasteiger partial charge >= 0.3 is 30.2 Å². The molecule has 0 aromatic heterocycles. The number of ether oxygens (including phenoxy) is 5. The molecule has 25 heteroatoms. The lowest BCUT2D eigenvalue weighted by Gasteiger charge is -2.27. The SMILES string of the molecule is CC(C)(C)OC(=O)N[C@@H](CCC(=O)N[C@H]1CCCC[C@H](NC(=O)CC[C@H](NC(=O)OC(C)(C)C)C(=O)OC(C)(C)C)C(=O)NCC(=O)NCCCN(C(=O)OC(C)(C)C)CCCCNC(=O)CNC1=O)C(=O)OC(C)(C)C. The molecule has 1 heterocycles. The van der Waals surface area contributed by atoms with Crippen molar-refractivity contribution in [2.24, 2.45) is 0 Å². The van der Waals surface area contributed by atoms with Crippen LogP contribution in [0.4, 0.5) is 14.4 Å². The maximum Gasteiger partial charge on any atom is 0.410 e. The summed E-state index contributed by atoms with van der Waals surface area (Å²) in [5, 5.41) is 20.7. The van der Waals surface area contributed by atoms with Crippen LogP contribution in [-0.4, -0.2) is 162 Å². The Bertz CT molecular complexity index is 2020. The van der Waals surface area contributed by atoms with Crippen molar-refractivity contribution in [1.29, 1.82) is 0 Å². The van der Waals surface area contributed by atoms with Gasteiger partial charge in [-0.2, -0.15) is 0 Å². The van der Waals surface area contributed by atoms with Crippen molar-refractivity contribution in [2.75, 3.05) is 39.3 Å². The van der Waals surface area contributed by atoms with E-state index in [4.69, 9.17) is 23.7 Å². The van der Waals surface area contributed by atoms with Crippen molar-refractivity contribution in [2.45, 2.75) is 227 Å². The molecule has 0 unspecified atom stereocenters. The summed E-state index contributed by atoms with van der Waals surface area (Å²) in [5.74, 6) is -5.64. The fourth-order valence-corrected chi connectivity index (χ4v) is 6.94. The lowest BCUT2D eigenvalue weighted by molar-refractivity contribution is -0.158. The first kappa shape index (κ1) is 68.6. The molecule has 1 saturated heterocycles. The minimum absolute atomic E-state index is 0.0441. The van der Waals surface area contributed by atoms with Crippen LogP contribution < -0.4 is 42.5 Å². The Balaban J connectivity index is 3.49. The Hall–Kier alpha value is -6.43. The number of hydrogen-bond donors (Lipinski definition) is 8. The number of hydrogen-bond acceptors (Lipinski definition) is 16. The second-order valence-corrected chi connectivity index (χ2v) is 23.7. The van der Waals surface area contributed by atoms with Crippen LogP contribution in [0.25, 0.3) is 0 Å². The molecule has 0 spiro atoms. The van der Waals surface area contributed by atoms with Crippen LogP contribution in [0.1, 0.15) is 174 Å². The zero-order valence-corrected chi connectivity index (χ0v) is 48.3. The van der Waals surface area contributed by atoms with Gasteiger partial charge in [-0.15, -0.1) is 0 Å². The van der Waals surface area contributed by atoms with E-state index in [1.165, 1.54) is 4.90 Å². The number of carbonyl (C=O) groups excluding carboxylic acids is 11. The lowest BCUT2D eigenvalue weighted by atomic mass is 10.0. The van der Waals surface area contributed by atoms with E-state index in [9.17, 15) is 52.7 Å². The topological polar surface area (TPSA) is 333 Å². The number of carbonyl (C=O) groups is 11. The molecular weight excluding hydrogens is 1010 g/mol. The van der Waals surface area contributed by atoms with Crippen molar-refractivity contribution >= 4 is 65.7 Å². The van der Waals surface area contributed by atoms with Gasteiger partial charge in [0, 0.05) is 39.0 Å². The molecule has 1 fully saturated rings. The van der Waals surface area contributed by atoms with Crippen LogP contribution in [0.5, 0.6) is 0 Å². The van der Waals surface area contributed by atoms with Crippen LogP contribution in [0.15, 0.2) is 0 Å². The van der Waals surface area contributed by atoms with E-state index in [-0.39, 0.29) is 77.5 Å². The fourth-order valence-electron chi connectivity index (χ4n) is 6.94. The van der Waals surface area contributed by atoms with Crippen LogP contribution in [0, 0.1) is 0 Å². The molecule has 0 aromatic carbocycles. The summed E-state index contributed by atoms with van der Waals surface area (Å²) in [6, 6.07) is -5.16. The van der Waals surface area contributed by atoms with E-state index >= 15 is 0 Å². The maximum atomic E-state index is 13.8. The smallest absolute Gasteiger partial charge is 0.410 e. The third-order valence-corrected chi connectivity index (χ3v) is 10.2. The summed E-state index contributed by atoms with van der Waals surface area (Å²) < 4.78 is 27.2. The van der Waals surface area contributed by atoms with Gasteiger partial charge in [0.15, 0.2) is 0 Å². The van der Waals surface area contributed by atoms with E-state index in [0.29, 0.717) is 19.3 Å². The summed E-state index contributed by atoms with van der Waals surface area (Å²) in [5.41, 5.74) is -4.49. The predicted molar refractivity (Wildman–Crippen MR) is 282 cm³/mol. The maximum absolute atomic E-state index is 13.8. The Labute approximate surface area is 454 Å². The second-order valence-electron chi connectivity index (χ2n) is 23.7. The summed E-state index contributed by atoms with van der Waals surface area (Å²) in [6.45, 7) is 24.7. The Kier molecular flexibility index (Phi) is 28.2. The minimum atomic E-state index is -1.32. The van der Waals surface area contributed by atoms with Crippen LogP contribution in [0.3, 0.4) is 0 Å². The Morgan fingerprint density at radius 1 is 0.481 bits per heavy atom. The zero-order valence-electron chi connectivity index (χ0n) is 48.3. The van der Waals surface area contributed by atoms with E-state index in [0.717, 1.165) is 0 Å². The second kappa shape index (κ2) is 31.7. The number of rotatable bonds is 12. The lowest BCUT2D eigenvalue weighted by Crippen LogP contribution is -2.50. The third kappa shape index (κ3) is 34.1. The number of alkyl carbamates (subject to hydrolysis) is 2. The van der Waals surface area contributed by atoms with E-state index in [2.05, 4.69) is 42.5 Å². The number of amides is 9. The van der Waals surface area contributed by atoms with Gasteiger partial charge in [-0.05, 0) is 149 Å². The van der Waals surface area contributed by atoms with Gasteiger partial charge in [0.25, 0.3) is 0 Å². The van der Waals surface area contributed by atoms with Crippen molar-refractivity contribution in [3.63, 3.8) is 0 Å². The normalized spacial score (nSPS) is 18.6. The van der Waals surface area contributed by atoms with E-state index in [1.807, 2.05) is 0 Å². The highest BCUT2D eigenvalue weighted by atomic mass is 16.6. The van der Waals surface area contributed by atoms with Crippen molar-refractivity contribution in [1.82, 2.24) is 47.4 Å². The van der Waals surface area contributed by atoms with Gasteiger partial charge in [0.2, 0.25) is 35.4 Å². The zero-order chi connectivity index (χ0) is 59.0. The predicted octanol–water partition coefficient (Wildman–Crippen LogP) is 3.43. The molecule has 440 valence electrons.